The standard InChI is InChI=1S/C11H10N2O3/c1-6-5-11(6)7-3-2-4-8(13(15)16)9(7)12-10(11)14/h2-4,6H,5H2,1H3,(H,12,14). The molecule has 1 aromatic carbocycles. The third-order valence-corrected chi connectivity index (χ3v) is 3.67. The summed E-state index contributed by atoms with van der Waals surface area (Å²) in [5.74, 6) is 0.181. The summed E-state index contributed by atoms with van der Waals surface area (Å²) < 4.78 is 0. The molecule has 2 atom stereocenters. The average Bonchev–Trinajstić information content (AvgIpc) is 2.82. The molecular formula is C11H10N2O3. The van der Waals surface area contributed by atoms with Gasteiger partial charge in [0.15, 0.2) is 0 Å². The van der Waals surface area contributed by atoms with E-state index in [0.29, 0.717) is 5.69 Å². The van der Waals surface area contributed by atoms with Gasteiger partial charge in [-0.2, -0.15) is 0 Å². The van der Waals surface area contributed by atoms with Gasteiger partial charge in [-0.3, -0.25) is 14.9 Å². The Morgan fingerprint density at radius 2 is 2.25 bits per heavy atom. The summed E-state index contributed by atoms with van der Waals surface area (Å²) in [7, 11) is 0. The summed E-state index contributed by atoms with van der Waals surface area (Å²) in [5.41, 5.74) is 0.685. The number of rotatable bonds is 1. The molecule has 1 saturated carbocycles. The highest BCUT2D eigenvalue weighted by Gasteiger charge is 2.63. The van der Waals surface area contributed by atoms with E-state index < -0.39 is 10.3 Å². The van der Waals surface area contributed by atoms with Gasteiger partial charge < -0.3 is 5.32 Å². The molecule has 1 spiro atoms. The summed E-state index contributed by atoms with van der Waals surface area (Å²) >= 11 is 0. The van der Waals surface area contributed by atoms with E-state index in [0.717, 1.165) is 12.0 Å². The minimum absolute atomic E-state index is 0.0122. The van der Waals surface area contributed by atoms with Gasteiger partial charge in [-0.05, 0) is 17.9 Å². The Kier molecular flexibility index (Phi) is 1.52. The number of anilines is 1. The number of hydrogen-bond acceptors (Lipinski definition) is 3. The van der Waals surface area contributed by atoms with Crippen LogP contribution in [0.2, 0.25) is 0 Å². The van der Waals surface area contributed by atoms with E-state index in [1.165, 1.54) is 6.07 Å². The van der Waals surface area contributed by atoms with Crippen LogP contribution < -0.4 is 5.32 Å². The summed E-state index contributed by atoms with van der Waals surface area (Å²) in [6.07, 6.45) is 0.785. The zero-order valence-electron chi connectivity index (χ0n) is 8.69. The largest absolute Gasteiger partial charge is 0.319 e. The highest BCUT2D eigenvalue weighted by Crippen LogP contribution is 2.60. The van der Waals surface area contributed by atoms with E-state index in [1.807, 2.05) is 13.0 Å². The van der Waals surface area contributed by atoms with Crippen LogP contribution in [0.1, 0.15) is 18.9 Å². The average molecular weight is 218 g/mol. The van der Waals surface area contributed by atoms with E-state index in [-0.39, 0.29) is 17.5 Å². The minimum Gasteiger partial charge on any atom is -0.319 e. The number of hydrogen-bond donors (Lipinski definition) is 1. The van der Waals surface area contributed by atoms with Crippen LogP contribution in [0.25, 0.3) is 0 Å². The molecule has 1 aliphatic carbocycles. The van der Waals surface area contributed by atoms with Crippen molar-refractivity contribution in [3.05, 3.63) is 33.9 Å². The molecule has 0 aromatic heterocycles. The molecule has 16 heavy (non-hydrogen) atoms. The lowest BCUT2D eigenvalue weighted by atomic mass is 9.95. The monoisotopic (exact) mass is 218 g/mol. The van der Waals surface area contributed by atoms with E-state index >= 15 is 0 Å². The van der Waals surface area contributed by atoms with Crippen molar-refractivity contribution in [2.24, 2.45) is 5.92 Å². The number of nitrogens with one attached hydrogen (secondary N) is 1. The second kappa shape index (κ2) is 2.61. The van der Waals surface area contributed by atoms with Crippen LogP contribution in [0.5, 0.6) is 0 Å². The maximum absolute atomic E-state index is 11.9. The number of benzene rings is 1. The number of nitro benzene ring substituents is 1. The third-order valence-electron chi connectivity index (χ3n) is 3.67. The van der Waals surface area contributed by atoms with Crippen LogP contribution in [0.4, 0.5) is 11.4 Å². The van der Waals surface area contributed by atoms with E-state index in [4.69, 9.17) is 0 Å². The summed E-state index contributed by atoms with van der Waals surface area (Å²) in [6, 6.07) is 4.87. The van der Waals surface area contributed by atoms with Gasteiger partial charge in [-0.15, -0.1) is 0 Å². The number of nitro groups is 1. The fourth-order valence-corrected chi connectivity index (χ4v) is 2.66. The molecule has 1 heterocycles. The van der Waals surface area contributed by atoms with Gasteiger partial charge in [0.05, 0.1) is 10.3 Å². The molecule has 2 aliphatic rings. The lowest BCUT2D eigenvalue weighted by molar-refractivity contribution is -0.383. The van der Waals surface area contributed by atoms with E-state index in [2.05, 4.69) is 5.32 Å². The quantitative estimate of drug-likeness (QED) is 0.577. The van der Waals surface area contributed by atoms with Crippen LogP contribution in [0.15, 0.2) is 18.2 Å². The van der Waals surface area contributed by atoms with Gasteiger partial charge in [0.1, 0.15) is 5.69 Å². The third kappa shape index (κ3) is 0.881. The van der Waals surface area contributed by atoms with Crippen LogP contribution in [0, 0.1) is 16.0 Å². The predicted octanol–water partition coefficient (Wildman–Crippen LogP) is 1.82. The molecule has 0 bridgehead atoms. The van der Waals surface area contributed by atoms with Crippen molar-refractivity contribution in [3.8, 4) is 0 Å². The number of carbonyl (C=O) groups is 1. The maximum Gasteiger partial charge on any atom is 0.293 e. The number of amides is 1. The molecule has 1 aromatic rings. The van der Waals surface area contributed by atoms with Crippen molar-refractivity contribution >= 4 is 17.3 Å². The number of fused-ring (bicyclic) bond motifs is 2. The van der Waals surface area contributed by atoms with Crippen LogP contribution >= 0.6 is 0 Å². The van der Waals surface area contributed by atoms with E-state index in [9.17, 15) is 14.9 Å². The first-order chi connectivity index (χ1) is 7.57. The Bertz CT molecular complexity index is 526. The van der Waals surface area contributed by atoms with Crippen LogP contribution in [-0.4, -0.2) is 10.8 Å². The molecule has 2 unspecified atom stereocenters. The van der Waals surface area contributed by atoms with E-state index in [1.54, 1.807) is 6.07 Å². The summed E-state index contributed by atoms with van der Waals surface area (Å²) in [6.45, 7) is 1.99. The molecule has 5 nitrogen and oxygen atoms in total. The molecule has 1 N–H and O–H groups in total. The molecule has 0 radical (unpaired) electrons. The Morgan fingerprint density at radius 3 is 2.81 bits per heavy atom. The molecule has 5 heteroatoms. The Labute approximate surface area is 91.6 Å². The predicted molar refractivity (Wildman–Crippen MR) is 57.2 cm³/mol. The smallest absolute Gasteiger partial charge is 0.293 e. The van der Waals surface area contributed by atoms with Gasteiger partial charge >= 0.3 is 0 Å². The molecule has 82 valence electrons. The highest BCUT2D eigenvalue weighted by molar-refractivity contribution is 6.10. The lowest BCUT2D eigenvalue weighted by Gasteiger charge is -2.04. The molecule has 3 rings (SSSR count). The fourth-order valence-electron chi connectivity index (χ4n) is 2.66. The number of carbonyl (C=O) groups excluding carboxylic acids is 1. The first kappa shape index (κ1) is 9.33. The molecule has 1 aliphatic heterocycles. The molecular weight excluding hydrogens is 208 g/mol. The van der Waals surface area contributed by atoms with Crippen molar-refractivity contribution in [2.45, 2.75) is 18.8 Å². The van der Waals surface area contributed by atoms with Crippen LogP contribution in [0.3, 0.4) is 0 Å². The first-order valence-corrected chi connectivity index (χ1v) is 5.16. The van der Waals surface area contributed by atoms with Gasteiger partial charge in [-0.1, -0.05) is 19.1 Å². The summed E-state index contributed by atoms with van der Waals surface area (Å²) in [4.78, 5) is 22.2. The topological polar surface area (TPSA) is 72.2 Å². The SMILES string of the molecule is CC1CC12C(=O)Nc1c([N+](=O)[O-])cccc12. The fraction of sp³-hybridized carbons (Fsp3) is 0.364. The second-order valence-electron chi connectivity index (χ2n) is 4.49. The lowest BCUT2D eigenvalue weighted by Crippen LogP contribution is -2.20. The van der Waals surface area contributed by atoms with Gasteiger partial charge in [0.2, 0.25) is 5.91 Å². The zero-order valence-corrected chi connectivity index (χ0v) is 8.69. The van der Waals surface area contributed by atoms with Crippen molar-refractivity contribution in [2.75, 3.05) is 5.32 Å². The maximum atomic E-state index is 11.9. The van der Waals surface area contributed by atoms with Crippen molar-refractivity contribution in [1.29, 1.82) is 0 Å². The van der Waals surface area contributed by atoms with Gasteiger partial charge in [-0.25, -0.2) is 0 Å². The molecule has 0 saturated heterocycles. The van der Waals surface area contributed by atoms with Crippen molar-refractivity contribution in [3.63, 3.8) is 0 Å². The number of para-hydroxylation sites is 1. The Balaban J connectivity index is 2.22. The summed E-state index contributed by atoms with van der Waals surface area (Å²) in [5, 5.41) is 13.5. The second-order valence-corrected chi connectivity index (χ2v) is 4.49. The van der Waals surface area contributed by atoms with Crippen LogP contribution in [-0.2, 0) is 10.2 Å². The Morgan fingerprint density at radius 1 is 1.56 bits per heavy atom. The Hall–Kier alpha value is -1.91. The highest BCUT2D eigenvalue weighted by atomic mass is 16.6. The minimum atomic E-state index is -0.485. The van der Waals surface area contributed by atoms with Gasteiger partial charge in [0.25, 0.3) is 5.69 Å². The van der Waals surface area contributed by atoms with Crippen molar-refractivity contribution < 1.29 is 9.72 Å². The van der Waals surface area contributed by atoms with Crippen molar-refractivity contribution in [1.82, 2.24) is 0 Å². The normalized spacial score (nSPS) is 30.1. The molecule has 1 amide bonds. The van der Waals surface area contributed by atoms with Gasteiger partial charge in [0, 0.05) is 6.07 Å². The zero-order chi connectivity index (χ0) is 11.5. The number of nitrogens with zero attached hydrogens (tertiary/aromatic N) is 1. The first-order valence-electron chi connectivity index (χ1n) is 5.16. The molecule has 1 fully saturated rings.